The predicted octanol–water partition coefficient (Wildman–Crippen LogP) is 5.19. The molecule has 2 aromatic heterocycles. The Kier molecular flexibility index (Phi) is 7.18. The van der Waals surface area contributed by atoms with Gasteiger partial charge in [0.25, 0.3) is 0 Å². The Morgan fingerprint density at radius 2 is 1.84 bits per heavy atom. The molecule has 2 N–H and O–H groups in total. The van der Waals surface area contributed by atoms with E-state index in [1.54, 1.807) is 13.3 Å². The minimum Gasteiger partial charge on any atom is -0.495 e. The van der Waals surface area contributed by atoms with Crippen LogP contribution in [0.3, 0.4) is 0 Å². The van der Waals surface area contributed by atoms with Gasteiger partial charge in [-0.15, -0.1) is 0 Å². The SMILES string of the molecule is COc1ccccc1NC(=O)CCN1C(=S)N[C@@H](c2ccccn2)[C@@H]1c1cccn1-c1ccc(C)cc1. The fourth-order valence-corrected chi connectivity index (χ4v) is 5.06. The number of ether oxygens (including phenoxy) is 1. The average Bonchev–Trinajstić information content (AvgIpc) is 3.53. The number of carbonyl (C=O) groups is 1. The second kappa shape index (κ2) is 10.8. The fraction of sp³-hybridized carbons (Fsp3) is 0.207. The van der Waals surface area contributed by atoms with Crippen LogP contribution in [0, 0.1) is 6.92 Å². The van der Waals surface area contributed by atoms with Crippen LogP contribution in [0.1, 0.15) is 35.5 Å². The molecular weight excluding hydrogens is 482 g/mol. The molecule has 5 rings (SSSR count). The van der Waals surface area contributed by atoms with Crippen molar-refractivity contribution in [2.24, 2.45) is 0 Å². The van der Waals surface area contributed by atoms with Crippen molar-refractivity contribution in [3.8, 4) is 11.4 Å². The van der Waals surface area contributed by atoms with Gasteiger partial charge in [0.15, 0.2) is 5.11 Å². The molecule has 2 atom stereocenters. The summed E-state index contributed by atoms with van der Waals surface area (Å²) in [6.45, 7) is 2.52. The Morgan fingerprint density at radius 3 is 2.59 bits per heavy atom. The lowest BCUT2D eigenvalue weighted by Crippen LogP contribution is -2.33. The number of nitrogens with zero attached hydrogens (tertiary/aromatic N) is 3. The summed E-state index contributed by atoms with van der Waals surface area (Å²) >= 11 is 5.79. The molecule has 0 spiro atoms. The molecule has 2 aromatic carbocycles. The number of pyridine rings is 1. The van der Waals surface area contributed by atoms with Crippen LogP contribution in [-0.2, 0) is 4.79 Å². The standard InChI is InChI=1S/C29H29N5O2S/c1-20-12-14-21(15-13-20)33-18-7-10-24(33)28-27(23-9-5-6-17-30-23)32-29(37)34(28)19-16-26(35)31-22-8-3-4-11-25(22)36-2/h3-15,17-18,27-28H,16,19H2,1-2H3,(H,31,35)(H,32,37)/t27-,28-/m0/s1. The number of hydrogen-bond acceptors (Lipinski definition) is 4. The van der Waals surface area contributed by atoms with Gasteiger partial charge in [0.2, 0.25) is 5.91 Å². The molecule has 37 heavy (non-hydrogen) atoms. The number of methoxy groups -OCH3 is 1. The van der Waals surface area contributed by atoms with Gasteiger partial charge in [0.05, 0.1) is 30.6 Å². The zero-order valence-corrected chi connectivity index (χ0v) is 21.6. The third-order valence-electron chi connectivity index (χ3n) is 6.55. The van der Waals surface area contributed by atoms with Gasteiger partial charge in [-0.05, 0) is 67.7 Å². The van der Waals surface area contributed by atoms with Crippen LogP contribution in [0.25, 0.3) is 5.69 Å². The van der Waals surface area contributed by atoms with Gasteiger partial charge in [-0.2, -0.15) is 0 Å². The first-order valence-electron chi connectivity index (χ1n) is 12.2. The summed E-state index contributed by atoms with van der Waals surface area (Å²) in [5.41, 5.74) is 4.88. The summed E-state index contributed by atoms with van der Waals surface area (Å²) in [5.74, 6) is 0.513. The van der Waals surface area contributed by atoms with Crippen LogP contribution in [0.2, 0.25) is 0 Å². The van der Waals surface area contributed by atoms with Crippen LogP contribution in [0.15, 0.2) is 91.3 Å². The van der Waals surface area contributed by atoms with Crippen molar-refractivity contribution in [2.75, 3.05) is 19.0 Å². The third-order valence-corrected chi connectivity index (χ3v) is 6.91. The second-order valence-corrected chi connectivity index (χ2v) is 9.34. The van der Waals surface area contributed by atoms with E-state index in [1.807, 2.05) is 48.5 Å². The van der Waals surface area contributed by atoms with E-state index in [9.17, 15) is 4.79 Å². The molecule has 1 saturated heterocycles. The van der Waals surface area contributed by atoms with Crippen molar-refractivity contribution in [3.05, 3.63) is 108 Å². The highest BCUT2D eigenvalue weighted by molar-refractivity contribution is 7.80. The number of carbonyl (C=O) groups excluding carboxylic acids is 1. The maximum Gasteiger partial charge on any atom is 0.226 e. The molecule has 1 aliphatic heterocycles. The summed E-state index contributed by atoms with van der Waals surface area (Å²) in [6.07, 6.45) is 4.11. The number of rotatable bonds is 8. The zero-order chi connectivity index (χ0) is 25.8. The van der Waals surface area contributed by atoms with Gasteiger partial charge in [0.1, 0.15) is 5.75 Å². The Labute approximate surface area is 222 Å². The molecule has 0 aliphatic carbocycles. The summed E-state index contributed by atoms with van der Waals surface area (Å²) in [7, 11) is 1.59. The molecule has 8 heteroatoms. The van der Waals surface area contributed by atoms with Crippen molar-refractivity contribution in [3.63, 3.8) is 0 Å². The maximum absolute atomic E-state index is 12.9. The van der Waals surface area contributed by atoms with E-state index < -0.39 is 0 Å². The highest BCUT2D eigenvalue weighted by Gasteiger charge is 2.41. The lowest BCUT2D eigenvalue weighted by molar-refractivity contribution is -0.116. The maximum atomic E-state index is 12.9. The fourth-order valence-electron chi connectivity index (χ4n) is 4.73. The van der Waals surface area contributed by atoms with Gasteiger partial charge < -0.3 is 24.8 Å². The smallest absolute Gasteiger partial charge is 0.226 e. The minimum absolute atomic E-state index is 0.110. The quantitative estimate of drug-likeness (QED) is 0.317. The molecule has 188 valence electrons. The number of nitrogens with one attached hydrogen (secondary N) is 2. The molecule has 1 fully saturated rings. The van der Waals surface area contributed by atoms with E-state index in [4.69, 9.17) is 17.0 Å². The average molecular weight is 512 g/mol. The minimum atomic E-state index is -0.162. The van der Waals surface area contributed by atoms with Gasteiger partial charge in [-0.1, -0.05) is 35.9 Å². The van der Waals surface area contributed by atoms with E-state index in [2.05, 4.69) is 68.5 Å². The van der Waals surface area contributed by atoms with E-state index in [0.717, 1.165) is 17.1 Å². The van der Waals surface area contributed by atoms with Crippen LogP contribution in [-0.4, -0.2) is 39.1 Å². The predicted molar refractivity (Wildman–Crippen MR) is 149 cm³/mol. The van der Waals surface area contributed by atoms with Gasteiger partial charge in [-0.25, -0.2) is 0 Å². The van der Waals surface area contributed by atoms with Gasteiger partial charge in [0, 0.05) is 36.7 Å². The van der Waals surface area contributed by atoms with Crippen LogP contribution < -0.4 is 15.4 Å². The molecule has 1 amide bonds. The van der Waals surface area contributed by atoms with Gasteiger partial charge in [-0.3, -0.25) is 9.78 Å². The van der Waals surface area contributed by atoms with E-state index in [0.29, 0.717) is 23.1 Å². The number of benzene rings is 2. The zero-order valence-electron chi connectivity index (χ0n) is 20.8. The molecule has 0 saturated carbocycles. The topological polar surface area (TPSA) is 71.4 Å². The van der Waals surface area contributed by atoms with E-state index in [-0.39, 0.29) is 24.4 Å². The van der Waals surface area contributed by atoms with E-state index >= 15 is 0 Å². The molecule has 0 bridgehead atoms. The third kappa shape index (κ3) is 5.20. The number of anilines is 1. The summed E-state index contributed by atoms with van der Waals surface area (Å²) in [6, 6.07) is 25.5. The Hall–Kier alpha value is -4.17. The first-order valence-corrected chi connectivity index (χ1v) is 12.6. The molecule has 1 aliphatic rings. The van der Waals surface area contributed by atoms with Crippen molar-refractivity contribution in [1.82, 2.24) is 19.8 Å². The van der Waals surface area contributed by atoms with Gasteiger partial charge >= 0.3 is 0 Å². The normalized spacial score (nSPS) is 16.9. The largest absolute Gasteiger partial charge is 0.495 e. The number of hydrogen-bond donors (Lipinski definition) is 2. The van der Waals surface area contributed by atoms with E-state index in [1.165, 1.54) is 5.56 Å². The van der Waals surface area contributed by atoms with Crippen molar-refractivity contribution in [2.45, 2.75) is 25.4 Å². The van der Waals surface area contributed by atoms with Crippen molar-refractivity contribution < 1.29 is 9.53 Å². The first-order chi connectivity index (χ1) is 18.0. The summed E-state index contributed by atoms with van der Waals surface area (Å²) in [4.78, 5) is 19.7. The lowest BCUT2D eigenvalue weighted by Gasteiger charge is -2.29. The number of aryl methyl sites for hydroxylation is 1. The van der Waals surface area contributed by atoms with Crippen LogP contribution >= 0.6 is 12.2 Å². The summed E-state index contributed by atoms with van der Waals surface area (Å²) < 4.78 is 7.55. The second-order valence-electron chi connectivity index (χ2n) is 8.96. The van der Waals surface area contributed by atoms with Crippen molar-refractivity contribution in [1.29, 1.82) is 0 Å². The number of thiocarbonyl (C=S) groups is 1. The molecule has 3 heterocycles. The Morgan fingerprint density at radius 1 is 1.05 bits per heavy atom. The highest BCUT2D eigenvalue weighted by Crippen LogP contribution is 2.39. The lowest BCUT2D eigenvalue weighted by atomic mass is 10.0. The molecule has 0 unspecified atom stereocenters. The summed E-state index contributed by atoms with van der Waals surface area (Å²) in [5, 5.41) is 7.03. The van der Waals surface area contributed by atoms with Crippen molar-refractivity contribution >= 4 is 28.9 Å². The van der Waals surface area contributed by atoms with Crippen LogP contribution in [0.4, 0.5) is 5.69 Å². The van der Waals surface area contributed by atoms with Crippen LogP contribution in [0.5, 0.6) is 5.75 Å². The monoisotopic (exact) mass is 511 g/mol. The first kappa shape index (κ1) is 24.5. The molecular formula is C29H29N5O2S. The highest BCUT2D eigenvalue weighted by atomic mass is 32.1. The number of para-hydroxylation sites is 2. The number of aromatic nitrogens is 2. The molecule has 0 radical (unpaired) electrons. The Bertz CT molecular complexity index is 1390. The molecule has 4 aromatic rings. The molecule has 7 nitrogen and oxygen atoms in total. The Balaban J connectivity index is 1.43. The number of amides is 1.